The van der Waals surface area contributed by atoms with E-state index in [4.69, 9.17) is 5.73 Å². The minimum absolute atomic E-state index is 0. The van der Waals surface area contributed by atoms with E-state index in [-0.39, 0.29) is 42.7 Å². The number of hydrogen-bond donors (Lipinski definition) is 2. The fraction of sp³-hybridized carbons (Fsp3) is 0.867. The second-order valence-electron chi connectivity index (χ2n) is 5.54. The van der Waals surface area contributed by atoms with Gasteiger partial charge in [-0.3, -0.25) is 14.5 Å². The molecule has 2 amide bonds. The fourth-order valence-electron chi connectivity index (χ4n) is 2.72. The van der Waals surface area contributed by atoms with Crippen LogP contribution in [0.3, 0.4) is 0 Å². The maximum atomic E-state index is 12.5. The number of nitrogens with one attached hydrogen (secondary N) is 1. The molecule has 0 radical (unpaired) electrons. The third kappa shape index (κ3) is 8.74. The Morgan fingerprint density at radius 3 is 2.43 bits per heavy atom. The molecule has 0 aromatic carbocycles. The van der Waals surface area contributed by atoms with Crippen LogP contribution in [0.25, 0.3) is 0 Å². The average Bonchev–Trinajstić information content (AvgIpc) is 2.51. The first-order chi connectivity index (χ1) is 10.1. The van der Waals surface area contributed by atoms with Gasteiger partial charge in [0, 0.05) is 32.1 Å². The third-order valence-corrected chi connectivity index (χ3v) is 4.11. The molecule has 0 saturated carbocycles. The predicted molar refractivity (Wildman–Crippen MR) is 98.3 cm³/mol. The van der Waals surface area contributed by atoms with E-state index in [0.717, 1.165) is 38.9 Å². The number of halogens is 2. The zero-order valence-electron chi connectivity index (χ0n) is 14.3. The first-order valence-corrected chi connectivity index (χ1v) is 8.10. The summed E-state index contributed by atoms with van der Waals surface area (Å²) in [5.74, 6) is 0.149. The Labute approximate surface area is 152 Å². The highest BCUT2D eigenvalue weighted by Gasteiger charge is 2.27. The summed E-state index contributed by atoms with van der Waals surface area (Å²) in [6, 6.07) is 0.128. The molecule has 6 nitrogen and oxygen atoms in total. The summed E-state index contributed by atoms with van der Waals surface area (Å²) in [5, 5.41) is 2.89. The van der Waals surface area contributed by atoms with Crippen molar-refractivity contribution in [1.29, 1.82) is 0 Å². The lowest BCUT2D eigenvalue weighted by Gasteiger charge is -2.37. The van der Waals surface area contributed by atoms with Crippen LogP contribution in [0, 0.1) is 0 Å². The summed E-state index contributed by atoms with van der Waals surface area (Å²) in [7, 11) is 0. The van der Waals surface area contributed by atoms with Crippen LogP contribution in [-0.2, 0) is 9.59 Å². The van der Waals surface area contributed by atoms with Crippen molar-refractivity contribution in [2.45, 2.75) is 45.6 Å². The number of nitrogens with zero attached hydrogens (tertiary/aromatic N) is 2. The Bertz CT molecular complexity index is 341. The van der Waals surface area contributed by atoms with Crippen molar-refractivity contribution >= 4 is 36.6 Å². The van der Waals surface area contributed by atoms with Crippen LogP contribution in [-0.4, -0.2) is 66.9 Å². The first kappa shape index (κ1) is 24.7. The van der Waals surface area contributed by atoms with Crippen LogP contribution < -0.4 is 11.1 Å². The fourth-order valence-corrected chi connectivity index (χ4v) is 2.72. The van der Waals surface area contributed by atoms with Crippen molar-refractivity contribution in [3.63, 3.8) is 0 Å². The number of nitrogens with two attached hydrogens (primary N) is 1. The quantitative estimate of drug-likeness (QED) is 0.668. The van der Waals surface area contributed by atoms with Gasteiger partial charge >= 0.3 is 0 Å². The van der Waals surface area contributed by atoms with E-state index in [9.17, 15) is 9.59 Å². The summed E-state index contributed by atoms with van der Waals surface area (Å²) in [6.07, 6.45) is 3.48. The van der Waals surface area contributed by atoms with Crippen molar-refractivity contribution in [2.75, 3.05) is 39.3 Å². The summed E-state index contributed by atoms with van der Waals surface area (Å²) < 4.78 is 0. The third-order valence-electron chi connectivity index (χ3n) is 4.11. The van der Waals surface area contributed by atoms with Crippen molar-refractivity contribution < 1.29 is 9.59 Å². The number of piperidine rings is 1. The molecule has 0 aromatic rings. The summed E-state index contributed by atoms with van der Waals surface area (Å²) in [5.41, 5.74) is 5.37. The monoisotopic (exact) mass is 370 g/mol. The van der Waals surface area contributed by atoms with Gasteiger partial charge in [0.15, 0.2) is 0 Å². The number of amides is 2. The number of likely N-dealkylation sites (N-methyl/N-ethyl adjacent to an activating group) is 1. The van der Waals surface area contributed by atoms with E-state index >= 15 is 0 Å². The highest BCUT2D eigenvalue weighted by atomic mass is 35.5. The molecule has 1 unspecified atom stereocenters. The van der Waals surface area contributed by atoms with Crippen molar-refractivity contribution in [3.05, 3.63) is 0 Å². The van der Waals surface area contributed by atoms with E-state index in [1.807, 2.05) is 4.90 Å². The molecule has 0 bridgehead atoms. The van der Waals surface area contributed by atoms with E-state index in [2.05, 4.69) is 24.1 Å². The minimum Gasteiger partial charge on any atom is -0.354 e. The van der Waals surface area contributed by atoms with E-state index in [1.54, 1.807) is 0 Å². The molecular weight excluding hydrogens is 339 g/mol. The summed E-state index contributed by atoms with van der Waals surface area (Å²) >= 11 is 0. The topological polar surface area (TPSA) is 78.7 Å². The molecule has 138 valence electrons. The molecule has 1 aliphatic rings. The van der Waals surface area contributed by atoms with Crippen molar-refractivity contribution in [3.8, 4) is 0 Å². The zero-order valence-corrected chi connectivity index (χ0v) is 15.9. The molecule has 1 rings (SSSR count). The first-order valence-electron chi connectivity index (χ1n) is 8.10. The van der Waals surface area contributed by atoms with Crippen LogP contribution in [0.1, 0.15) is 39.5 Å². The molecule has 1 fully saturated rings. The van der Waals surface area contributed by atoms with Gasteiger partial charge in [-0.05, 0) is 32.4 Å². The average molecular weight is 371 g/mol. The smallest absolute Gasteiger partial charge is 0.237 e. The zero-order chi connectivity index (χ0) is 15.7. The molecule has 1 aliphatic heterocycles. The lowest BCUT2D eigenvalue weighted by Crippen LogP contribution is -2.52. The molecule has 3 N–H and O–H groups in total. The lowest BCUT2D eigenvalue weighted by molar-refractivity contribution is -0.136. The highest BCUT2D eigenvalue weighted by molar-refractivity contribution is 5.85. The molecule has 1 atom stereocenters. The van der Waals surface area contributed by atoms with Crippen LogP contribution >= 0.6 is 24.8 Å². The Morgan fingerprint density at radius 2 is 1.87 bits per heavy atom. The lowest BCUT2D eigenvalue weighted by atomic mass is 10.0. The molecule has 0 aromatic heterocycles. The van der Waals surface area contributed by atoms with Crippen LogP contribution in [0.2, 0.25) is 0 Å². The van der Waals surface area contributed by atoms with Gasteiger partial charge in [0.05, 0.1) is 6.54 Å². The van der Waals surface area contributed by atoms with Gasteiger partial charge < -0.3 is 16.0 Å². The second-order valence-corrected chi connectivity index (χ2v) is 5.54. The van der Waals surface area contributed by atoms with E-state index in [1.165, 1.54) is 0 Å². The normalized spacial score (nSPS) is 17.2. The summed E-state index contributed by atoms with van der Waals surface area (Å²) in [4.78, 5) is 28.1. The number of hydrogen-bond acceptors (Lipinski definition) is 4. The molecule has 8 heteroatoms. The predicted octanol–water partition coefficient (Wildman–Crippen LogP) is 1.02. The van der Waals surface area contributed by atoms with Crippen LogP contribution in [0.15, 0.2) is 0 Å². The highest BCUT2D eigenvalue weighted by Crippen LogP contribution is 2.17. The maximum absolute atomic E-state index is 12.5. The van der Waals surface area contributed by atoms with Gasteiger partial charge in [0.1, 0.15) is 0 Å². The molecule has 0 aliphatic carbocycles. The van der Waals surface area contributed by atoms with E-state index in [0.29, 0.717) is 26.1 Å². The Balaban J connectivity index is 0. The number of carbonyl (C=O) groups is 2. The Morgan fingerprint density at radius 1 is 1.22 bits per heavy atom. The molecule has 1 heterocycles. The molecule has 1 saturated heterocycles. The number of carbonyl (C=O) groups excluding carboxylic acids is 2. The summed E-state index contributed by atoms with van der Waals surface area (Å²) in [6.45, 7) is 8.08. The van der Waals surface area contributed by atoms with E-state index < -0.39 is 0 Å². The number of rotatable bonds is 8. The minimum atomic E-state index is -0.0285. The van der Waals surface area contributed by atoms with Crippen molar-refractivity contribution in [2.24, 2.45) is 5.73 Å². The second kappa shape index (κ2) is 13.8. The molecule has 0 spiro atoms. The largest absolute Gasteiger partial charge is 0.354 e. The van der Waals surface area contributed by atoms with Gasteiger partial charge in [-0.25, -0.2) is 0 Å². The Hall–Kier alpha value is -0.560. The van der Waals surface area contributed by atoms with Gasteiger partial charge in [-0.2, -0.15) is 0 Å². The standard InChI is InChI=1S/C15H30N4O2.2ClH/c1-3-18(4-2)12-15(21)19-10-6-5-7-13(19)11-17-14(20)8-9-16;;/h13H,3-12,16H2,1-2H3,(H,17,20);2*1H. The number of likely N-dealkylation sites (tertiary alicyclic amines) is 1. The van der Waals surface area contributed by atoms with Gasteiger partial charge in [-0.15, -0.1) is 24.8 Å². The van der Waals surface area contributed by atoms with Gasteiger partial charge in [0.2, 0.25) is 11.8 Å². The SMILES string of the molecule is CCN(CC)CC(=O)N1CCCCC1CNC(=O)CCN.Cl.Cl. The molecular formula is C15H32Cl2N4O2. The van der Waals surface area contributed by atoms with Gasteiger partial charge in [0.25, 0.3) is 0 Å². The van der Waals surface area contributed by atoms with Crippen molar-refractivity contribution in [1.82, 2.24) is 15.1 Å². The molecule has 23 heavy (non-hydrogen) atoms. The van der Waals surface area contributed by atoms with Crippen LogP contribution in [0.5, 0.6) is 0 Å². The maximum Gasteiger partial charge on any atom is 0.237 e. The van der Waals surface area contributed by atoms with Gasteiger partial charge in [-0.1, -0.05) is 13.8 Å². The Kier molecular flexibility index (Phi) is 14.9. The van der Waals surface area contributed by atoms with Crippen LogP contribution in [0.4, 0.5) is 0 Å².